The molecule has 0 aliphatic carbocycles. The Morgan fingerprint density at radius 2 is 1.30 bits per heavy atom. The van der Waals surface area contributed by atoms with E-state index in [4.69, 9.17) is 4.74 Å². The summed E-state index contributed by atoms with van der Waals surface area (Å²) in [7, 11) is 0. The fourth-order valence-corrected chi connectivity index (χ4v) is 2.55. The largest absolute Gasteiger partial charge is 0.375 e. The van der Waals surface area contributed by atoms with Crippen LogP contribution >= 0.6 is 0 Å². The lowest BCUT2D eigenvalue weighted by Crippen LogP contribution is -2.47. The molecule has 0 bridgehead atoms. The number of nitrogens with zero attached hydrogens (tertiary/aromatic N) is 2. The Labute approximate surface area is 126 Å². The number of rotatable bonds is 6. The fraction of sp³-hybridized carbons (Fsp3) is 1.00. The molecular formula is C17H36N2O. The standard InChI is InChI=1S/C17H36N2O/c1-16(2,3)8-7-9-18-10-12-19(13-11-18)14-15-20-17(4,5)6/h7-15H2,1-6H3. The summed E-state index contributed by atoms with van der Waals surface area (Å²) in [5.74, 6) is 0. The van der Waals surface area contributed by atoms with E-state index in [0.717, 1.165) is 13.2 Å². The summed E-state index contributed by atoms with van der Waals surface area (Å²) in [6, 6.07) is 0. The van der Waals surface area contributed by atoms with Crippen molar-refractivity contribution in [2.45, 2.75) is 60.0 Å². The minimum atomic E-state index is -0.00518. The highest BCUT2D eigenvalue weighted by Crippen LogP contribution is 2.20. The summed E-state index contributed by atoms with van der Waals surface area (Å²) < 4.78 is 5.81. The van der Waals surface area contributed by atoms with Crippen LogP contribution in [0.4, 0.5) is 0 Å². The molecule has 0 atom stereocenters. The van der Waals surface area contributed by atoms with Gasteiger partial charge in [0.15, 0.2) is 0 Å². The first-order valence-electron chi connectivity index (χ1n) is 8.24. The van der Waals surface area contributed by atoms with Crippen LogP contribution in [0.2, 0.25) is 0 Å². The van der Waals surface area contributed by atoms with E-state index in [-0.39, 0.29) is 5.60 Å². The van der Waals surface area contributed by atoms with Gasteiger partial charge in [0, 0.05) is 32.7 Å². The minimum Gasteiger partial charge on any atom is -0.375 e. The molecule has 0 amide bonds. The Kier molecular flexibility index (Phi) is 6.96. The predicted octanol–water partition coefficient (Wildman–Crippen LogP) is 3.25. The van der Waals surface area contributed by atoms with Gasteiger partial charge in [-0.3, -0.25) is 4.90 Å². The van der Waals surface area contributed by atoms with Gasteiger partial charge in [-0.05, 0) is 45.6 Å². The molecule has 1 rings (SSSR count). The van der Waals surface area contributed by atoms with Crippen LogP contribution in [0.3, 0.4) is 0 Å². The number of piperazine rings is 1. The number of hydrogen-bond acceptors (Lipinski definition) is 3. The Hall–Kier alpha value is -0.120. The zero-order valence-corrected chi connectivity index (χ0v) is 14.7. The van der Waals surface area contributed by atoms with Crippen molar-refractivity contribution in [3.63, 3.8) is 0 Å². The lowest BCUT2D eigenvalue weighted by atomic mass is 9.90. The third-order valence-electron chi connectivity index (χ3n) is 3.81. The van der Waals surface area contributed by atoms with Crippen molar-refractivity contribution in [3.05, 3.63) is 0 Å². The second-order valence-corrected chi connectivity index (χ2v) is 8.31. The third kappa shape index (κ3) is 8.93. The first kappa shape index (κ1) is 17.9. The second kappa shape index (κ2) is 7.77. The summed E-state index contributed by atoms with van der Waals surface area (Å²) in [5.41, 5.74) is 0.473. The van der Waals surface area contributed by atoms with Crippen LogP contribution in [0.25, 0.3) is 0 Å². The van der Waals surface area contributed by atoms with Gasteiger partial charge in [-0.25, -0.2) is 0 Å². The van der Waals surface area contributed by atoms with Gasteiger partial charge in [0.2, 0.25) is 0 Å². The average molecular weight is 284 g/mol. The van der Waals surface area contributed by atoms with E-state index in [1.165, 1.54) is 45.6 Å². The molecule has 1 heterocycles. The highest BCUT2D eigenvalue weighted by molar-refractivity contribution is 4.73. The van der Waals surface area contributed by atoms with Gasteiger partial charge in [0.25, 0.3) is 0 Å². The van der Waals surface area contributed by atoms with Gasteiger partial charge in [0.05, 0.1) is 12.2 Å². The topological polar surface area (TPSA) is 15.7 Å². The summed E-state index contributed by atoms with van der Waals surface area (Å²) in [4.78, 5) is 5.15. The van der Waals surface area contributed by atoms with Crippen LogP contribution in [0.1, 0.15) is 54.4 Å². The van der Waals surface area contributed by atoms with Crippen molar-refractivity contribution in [2.24, 2.45) is 5.41 Å². The van der Waals surface area contributed by atoms with Crippen LogP contribution in [0.5, 0.6) is 0 Å². The monoisotopic (exact) mass is 284 g/mol. The van der Waals surface area contributed by atoms with E-state index in [9.17, 15) is 0 Å². The van der Waals surface area contributed by atoms with Gasteiger partial charge in [0.1, 0.15) is 0 Å². The normalized spacial score (nSPS) is 19.5. The van der Waals surface area contributed by atoms with E-state index >= 15 is 0 Å². The number of ether oxygens (including phenoxy) is 1. The van der Waals surface area contributed by atoms with Gasteiger partial charge < -0.3 is 9.64 Å². The third-order valence-corrected chi connectivity index (χ3v) is 3.81. The van der Waals surface area contributed by atoms with E-state index in [1.54, 1.807) is 0 Å². The molecule has 0 radical (unpaired) electrons. The molecular weight excluding hydrogens is 248 g/mol. The van der Waals surface area contributed by atoms with Crippen molar-refractivity contribution >= 4 is 0 Å². The quantitative estimate of drug-likeness (QED) is 0.744. The smallest absolute Gasteiger partial charge is 0.0600 e. The van der Waals surface area contributed by atoms with Gasteiger partial charge >= 0.3 is 0 Å². The molecule has 120 valence electrons. The van der Waals surface area contributed by atoms with Crippen molar-refractivity contribution in [1.29, 1.82) is 0 Å². The van der Waals surface area contributed by atoms with Crippen LogP contribution in [0.15, 0.2) is 0 Å². The highest BCUT2D eigenvalue weighted by atomic mass is 16.5. The van der Waals surface area contributed by atoms with Crippen molar-refractivity contribution < 1.29 is 4.74 Å². The van der Waals surface area contributed by atoms with E-state index in [1.807, 2.05) is 0 Å². The first-order valence-corrected chi connectivity index (χ1v) is 8.24. The molecule has 1 aliphatic heterocycles. The molecule has 1 saturated heterocycles. The maximum absolute atomic E-state index is 5.81. The minimum absolute atomic E-state index is 0.00518. The average Bonchev–Trinajstić information content (AvgIpc) is 2.28. The van der Waals surface area contributed by atoms with Crippen LogP contribution in [-0.2, 0) is 4.74 Å². The molecule has 0 saturated carbocycles. The zero-order valence-electron chi connectivity index (χ0n) is 14.7. The lowest BCUT2D eigenvalue weighted by Gasteiger charge is -2.35. The molecule has 20 heavy (non-hydrogen) atoms. The molecule has 0 unspecified atom stereocenters. The van der Waals surface area contributed by atoms with Gasteiger partial charge in [-0.15, -0.1) is 0 Å². The fourth-order valence-electron chi connectivity index (χ4n) is 2.55. The van der Waals surface area contributed by atoms with Gasteiger partial charge in [-0.1, -0.05) is 20.8 Å². The highest BCUT2D eigenvalue weighted by Gasteiger charge is 2.18. The van der Waals surface area contributed by atoms with Crippen LogP contribution in [-0.4, -0.2) is 61.3 Å². The maximum Gasteiger partial charge on any atom is 0.0600 e. The summed E-state index contributed by atoms with van der Waals surface area (Å²) in [5, 5.41) is 0. The SMILES string of the molecule is CC(C)(C)CCCN1CCN(CCOC(C)(C)C)CC1. The first-order chi connectivity index (χ1) is 9.16. The van der Waals surface area contributed by atoms with Gasteiger partial charge in [-0.2, -0.15) is 0 Å². The Morgan fingerprint density at radius 1 is 0.800 bits per heavy atom. The maximum atomic E-state index is 5.81. The Morgan fingerprint density at radius 3 is 1.75 bits per heavy atom. The molecule has 1 aliphatic rings. The molecule has 3 nitrogen and oxygen atoms in total. The molecule has 0 aromatic rings. The summed E-state index contributed by atoms with van der Waals surface area (Å²) >= 11 is 0. The zero-order chi connectivity index (χ0) is 15.2. The van der Waals surface area contributed by atoms with E-state index in [2.05, 4.69) is 51.3 Å². The summed E-state index contributed by atoms with van der Waals surface area (Å²) in [6.45, 7) is 21.4. The molecule has 0 N–H and O–H groups in total. The Bertz CT molecular complexity index is 229. The number of hydrogen-bond donors (Lipinski definition) is 0. The molecule has 0 spiro atoms. The van der Waals surface area contributed by atoms with Crippen molar-refractivity contribution in [2.75, 3.05) is 45.9 Å². The van der Waals surface area contributed by atoms with E-state index < -0.39 is 0 Å². The molecule has 0 aromatic heterocycles. The summed E-state index contributed by atoms with van der Waals surface area (Å²) in [6.07, 6.45) is 2.66. The second-order valence-electron chi connectivity index (χ2n) is 8.31. The molecule has 0 aromatic carbocycles. The lowest BCUT2D eigenvalue weighted by molar-refractivity contribution is -0.0178. The van der Waals surface area contributed by atoms with Crippen LogP contribution in [0, 0.1) is 5.41 Å². The van der Waals surface area contributed by atoms with Crippen molar-refractivity contribution in [1.82, 2.24) is 9.80 Å². The van der Waals surface area contributed by atoms with Crippen LogP contribution < -0.4 is 0 Å². The Balaban J connectivity index is 2.08. The predicted molar refractivity (Wildman–Crippen MR) is 87.3 cm³/mol. The molecule has 3 heteroatoms. The van der Waals surface area contributed by atoms with E-state index in [0.29, 0.717) is 5.41 Å². The molecule has 1 fully saturated rings. The van der Waals surface area contributed by atoms with Crippen molar-refractivity contribution in [3.8, 4) is 0 Å².